The highest BCUT2D eigenvalue weighted by Gasteiger charge is 2.26. The number of benzene rings is 1. The quantitative estimate of drug-likeness (QED) is 0.773. The standard InChI is InChI=1S/C18H24N4O2S/c1-11(2)13-5-7-14(8-6-13)22-10-9-20-18(22)25-15(12(3)4)16(23)21-17(19)24/h5-12,15H,1-4H3,(H3,19,21,23,24)/t15-/m1/s1. The Balaban J connectivity index is 2.24. The van der Waals surface area contributed by atoms with Gasteiger partial charge in [-0.25, -0.2) is 9.78 Å². The van der Waals surface area contributed by atoms with Gasteiger partial charge in [-0.05, 0) is 29.5 Å². The van der Waals surface area contributed by atoms with Gasteiger partial charge in [0.1, 0.15) is 0 Å². The Labute approximate surface area is 152 Å². The van der Waals surface area contributed by atoms with Crippen molar-refractivity contribution >= 4 is 23.7 Å². The molecule has 134 valence electrons. The van der Waals surface area contributed by atoms with E-state index in [0.717, 1.165) is 5.69 Å². The van der Waals surface area contributed by atoms with E-state index >= 15 is 0 Å². The number of primary amides is 1. The first-order chi connectivity index (χ1) is 11.8. The molecule has 0 aliphatic carbocycles. The number of aromatic nitrogens is 2. The number of carbonyl (C=O) groups is 2. The molecule has 0 spiro atoms. The zero-order valence-electron chi connectivity index (χ0n) is 14.9. The number of amides is 3. The predicted molar refractivity (Wildman–Crippen MR) is 99.9 cm³/mol. The van der Waals surface area contributed by atoms with Crippen LogP contribution >= 0.6 is 11.8 Å². The molecule has 1 aromatic carbocycles. The highest BCUT2D eigenvalue weighted by molar-refractivity contribution is 8.00. The van der Waals surface area contributed by atoms with E-state index in [9.17, 15) is 9.59 Å². The predicted octanol–water partition coefficient (Wildman–Crippen LogP) is 3.31. The van der Waals surface area contributed by atoms with Gasteiger partial charge in [-0.2, -0.15) is 0 Å². The largest absolute Gasteiger partial charge is 0.351 e. The minimum atomic E-state index is -0.844. The molecule has 0 aliphatic rings. The Hall–Kier alpha value is -2.28. The van der Waals surface area contributed by atoms with Gasteiger partial charge in [-0.15, -0.1) is 0 Å². The van der Waals surface area contributed by atoms with Crippen LogP contribution in [0.4, 0.5) is 4.79 Å². The molecule has 1 heterocycles. The molecule has 7 heteroatoms. The maximum absolute atomic E-state index is 12.2. The minimum Gasteiger partial charge on any atom is -0.351 e. The van der Waals surface area contributed by atoms with Crippen LogP contribution in [0, 0.1) is 5.92 Å². The molecule has 0 aliphatic heterocycles. The number of urea groups is 1. The van der Waals surface area contributed by atoms with Crippen LogP contribution in [0.15, 0.2) is 41.8 Å². The summed E-state index contributed by atoms with van der Waals surface area (Å²) in [6.07, 6.45) is 3.55. The molecule has 25 heavy (non-hydrogen) atoms. The second kappa shape index (κ2) is 8.20. The Morgan fingerprint density at radius 3 is 2.32 bits per heavy atom. The van der Waals surface area contributed by atoms with E-state index in [4.69, 9.17) is 5.73 Å². The fraction of sp³-hybridized carbons (Fsp3) is 0.389. The van der Waals surface area contributed by atoms with Gasteiger partial charge in [0.25, 0.3) is 0 Å². The molecular weight excluding hydrogens is 336 g/mol. The first-order valence-electron chi connectivity index (χ1n) is 8.20. The van der Waals surface area contributed by atoms with Gasteiger partial charge in [-0.1, -0.05) is 51.6 Å². The van der Waals surface area contributed by atoms with Crippen LogP contribution < -0.4 is 11.1 Å². The summed E-state index contributed by atoms with van der Waals surface area (Å²) in [5.41, 5.74) is 7.30. The van der Waals surface area contributed by atoms with E-state index in [1.165, 1.54) is 17.3 Å². The Morgan fingerprint density at radius 2 is 1.80 bits per heavy atom. The van der Waals surface area contributed by atoms with Crippen LogP contribution in [-0.4, -0.2) is 26.7 Å². The second-order valence-electron chi connectivity index (χ2n) is 6.46. The highest BCUT2D eigenvalue weighted by Crippen LogP contribution is 2.29. The van der Waals surface area contributed by atoms with E-state index in [1.54, 1.807) is 6.20 Å². The van der Waals surface area contributed by atoms with Crippen LogP contribution in [0.25, 0.3) is 5.69 Å². The number of nitrogens with one attached hydrogen (secondary N) is 1. The van der Waals surface area contributed by atoms with Crippen molar-refractivity contribution in [2.45, 2.75) is 44.0 Å². The molecule has 6 nitrogen and oxygen atoms in total. The summed E-state index contributed by atoms with van der Waals surface area (Å²) in [5, 5.41) is 2.38. The van der Waals surface area contributed by atoms with Crippen molar-refractivity contribution in [3.05, 3.63) is 42.2 Å². The van der Waals surface area contributed by atoms with Gasteiger partial charge in [0.05, 0.1) is 5.25 Å². The topological polar surface area (TPSA) is 90.0 Å². The molecule has 1 atom stereocenters. The zero-order valence-corrected chi connectivity index (χ0v) is 15.7. The first-order valence-corrected chi connectivity index (χ1v) is 9.08. The minimum absolute atomic E-state index is 0.0119. The molecule has 3 N–H and O–H groups in total. The van der Waals surface area contributed by atoms with Crippen LogP contribution in [0.3, 0.4) is 0 Å². The third-order valence-corrected chi connectivity index (χ3v) is 5.31. The highest BCUT2D eigenvalue weighted by atomic mass is 32.2. The number of nitrogens with two attached hydrogens (primary N) is 1. The van der Waals surface area contributed by atoms with Gasteiger partial charge >= 0.3 is 6.03 Å². The number of imidazole rings is 1. The summed E-state index contributed by atoms with van der Waals surface area (Å²) in [4.78, 5) is 27.6. The monoisotopic (exact) mass is 360 g/mol. The maximum Gasteiger partial charge on any atom is 0.318 e. The van der Waals surface area contributed by atoms with Crippen molar-refractivity contribution < 1.29 is 9.59 Å². The van der Waals surface area contributed by atoms with Crippen LogP contribution in [0.2, 0.25) is 0 Å². The Bertz CT molecular complexity index is 738. The van der Waals surface area contributed by atoms with Crippen molar-refractivity contribution in [1.82, 2.24) is 14.9 Å². The van der Waals surface area contributed by atoms with Gasteiger partial charge in [0.2, 0.25) is 5.91 Å². The molecular formula is C18H24N4O2S. The van der Waals surface area contributed by atoms with Crippen molar-refractivity contribution in [2.24, 2.45) is 11.7 Å². The average Bonchev–Trinajstić information content (AvgIpc) is 2.99. The molecule has 0 saturated carbocycles. The lowest BCUT2D eigenvalue weighted by atomic mass is 10.0. The van der Waals surface area contributed by atoms with Crippen molar-refractivity contribution in [1.29, 1.82) is 0 Å². The summed E-state index contributed by atoms with van der Waals surface area (Å²) in [6, 6.07) is 7.41. The summed E-state index contributed by atoms with van der Waals surface area (Å²) >= 11 is 1.32. The van der Waals surface area contributed by atoms with Crippen molar-refractivity contribution in [3.8, 4) is 5.69 Å². The van der Waals surface area contributed by atoms with Crippen molar-refractivity contribution in [2.75, 3.05) is 0 Å². The zero-order chi connectivity index (χ0) is 18.6. The number of rotatable bonds is 6. The summed E-state index contributed by atoms with van der Waals surface area (Å²) < 4.78 is 1.93. The molecule has 2 aromatic rings. The summed E-state index contributed by atoms with van der Waals surface area (Å²) in [6.45, 7) is 8.14. The Morgan fingerprint density at radius 1 is 1.16 bits per heavy atom. The number of hydrogen-bond acceptors (Lipinski definition) is 4. The van der Waals surface area contributed by atoms with E-state index in [0.29, 0.717) is 11.1 Å². The van der Waals surface area contributed by atoms with Crippen LogP contribution in [0.5, 0.6) is 0 Å². The molecule has 0 fully saturated rings. The third-order valence-electron chi connectivity index (χ3n) is 3.79. The molecule has 0 radical (unpaired) electrons. The second-order valence-corrected chi connectivity index (χ2v) is 7.57. The van der Waals surface area contributed by atoms with E-state index in [-0.39, 0.29) is 5.92 Å². The number of carbonyl (C=O) groups excluding carboxylic acids is 2. The number of thioether (sulfide) groups is 1. The van der Waals surface area contributed by atoms with Crippen molar-refractivity contribution in [3.63, 3.8) is 0 Å². The lowest BCUT2D eigenvalue weighted by molar-refractivity contribution is -0.120. The number of nitrogens with zero attached hydrogens (tertiary/aromatic N) is 2. The normalized spacial score (nSPS) is 12.4. The number of imide groups is 1. The van der Waals surface area contributed by atoms with Gasteiger partial charge in [-0.3, -0.25) is 14.7 Å². The van der Waals surface area contributed by atoms with Gasteiger partial charge < -0.3 is 5.73 Å². The summed E-state index contributed by atoms with van der Waals surface area (Å²) in [5.74, 6) is 0.0727. The van der Waals surface area contributed by atoms with Gasteiger partial charge in [0, 0.05) is 18.1 Å². The molecule has 0 unspecified atom stereocenters. The molecule has 1 aromatic heterocycles. The van der Waals surface area contributed by atoms with E-state index in [2.05, 4.69) is 36.3 Å². The first kappa shape index (κ1) is 19.1. The third kappa shape index (κ3) is 4.85. The smallest absolute Gasteiger partial charge is 0.318 e. The fourth-order valence-electron chi connectivity index (χ4n) is 2.39. The molecule has 0 saturated heterocycles. The fourth-order valence-corrected chi connectivity index (χ4v) is 3.46. The SMILES string of the molecule is CC(C)c1ccc(-n2ccnc2S[C@@H](C(=O)NC(N)=O)C(C)C)cc1. The lowest BCUT2D eigenvalue weighted by Gasteiger charge is -2.19. The van der Waals surface area contributed by atoms with Crippen LogP contribution in [0.1, 0.15) is 39.2 Å². The van der Waals surface area contributed by atoms with Gasteiger partial charge in [0.15, 0.2) is 5.16 Å². The summed E-state index contributed by atoms with van der Waals surface area (Å²) in [7, 11) is 0. The van der Waals surface area contributed by atoms with Crippen LogP contribution in [-0.2, 0) is 4.79 Å². The lowest BCUT2D eigenvalue weighted by Crippen LogP contribution is -2.42. The molecule has 2 rings (SSSR count). The molecule has 0 bridgehead atoms. The van der Waals surface area contributed by atoms with E-state index in [1.807, 2.05) is 36.7 Å². The number of hydrogen-bond donors (Lipinski definition) is 2. The van der Waals surface area contributed by atoms with E-state index < -0.39 is 17.2 Å². The average molecular weight is 360 g/mol. The Kier molecular flexibility index (Phi) is 6.25. The maximum atomic E-state index is 12.2. The molecule has 3 amide bonds.